The molecule has 160 valence electrons. The number of hydrogen-bond donors (Lipinski definition) is 0. The van der Waals surface area contributed by atoms with E-state index in [2.05, 4.69) is 6.92 Å². The molecule has 0 spiro atoms. The Hall–Kier alpha value is -3.86. The van der Waals surface area contributed by atoms with E-state index < -0.39 is 6.04 Å². The van der Waals surface area contributed by atoms with Crippen molar-refractivity contribution in [1.82, 2.24) is 4.90 Å². The lowest BCUT2D eigenvalue weighted by Crippen LogP contribution is -2.29. The molecule has 3 aromatic carbocycles. The van der Waals surface area contributed by atoms with Crippen LogP contribution in [0.1, 0.15) is 46.6 Å². The van der Waals surface area contributed by atoms with Gasteiger partial charge in [-0.3, -0.25) is 9.59 Å². The average Bonchev–Trinajstić information content (AvgIpc) is 3.10. The van der Waals surface area contributed by atoms with Gasteiger partial charge in [0.2, 0.25) is 5.76 Å². The van der Waals surface area contributed by atoms with Crippen molar-refractivity contribution in [1.29, 1.82) is 0 Å². The topological polar surface area (TPSA) is 59.8 Å². The normalized spacial score (nSPS) is 15.2. The molecule has 0 fully saturated rings. The lowest BCUT2D eigenvalue weighted by atomic mass is 9.98. The third-order valence-corrected chi connectivity index (χ3v) is 5.74. The Kier molecular flexibility index (Phi) is 5.23. The van der Waals surface area contributed by atoms with Crippen LogP contribution in [0.4, 0.5) is 0 Å². The highest BCUT2D eigenvalue weighted by molar-refractivity contribution is 5.99. The number of hydrogen-bond acceptors (Lipinski definition) is 4. The van der Waals surface area contributed by atoms with Crippen molar-refractivity contribution in [3.05, 3.63) is 112 Å². The van der Waals surface area contributed by atoms with Gasteiger partial charge in [-0.05, 0) is 41.8 Å². The number of nitrogens with zero attached hydrogens (tertiary/aromatic N) is 1. The second kappa shape index (κ2) is 8.35. The van der Waals surface area contributed by atoms with Crippen molar-refractivity contribution < 1.29 is 13.9 Å². The summed E-state index contributed by atoms with van der Waals surface area (Å²) in [6, 6.07) is 23.9. The summed E-state index contributed by atoms with van der Waals surface area (Å²) >= 11 is 0. The quantitative estimate of drug-likeness (QED) is 0.419. The molecule has 4 aromatic rings. The van der Waals surface area contributed by atoms with E-state index in [0.29, 0.717) is 29.7 Å². The van der Waals surface area contributed by atoms with Crippen LogP contribution in [-0.4, -0.2) is 17.4 Å². The van der Waals surface area contributed by atoms with Gasteiger partial charge in [0.05, 0.1) is 23.6 Å². The zero-order chi connectivity index (χ0) is 22.1. The Morgan fingerprint density at radius 3 is 2.38 bits per heavy atom. The van der Waals surface area contributed by atoms with Gasteiger partial charge in [0.1, 0.15) is 11.3 Å². The number of carbonyl (C=O) groups excluding carboxylic acids is 1. The molecule has 1 aliphatic heterocycles. The first kappa shape index (κ1) is 20.1. The van der Waals surface area contributed by atoms with Crippen LogP contribution in [0.2, 0.25) is 0 Å². The summed E-state index contributed by atoms with van der Waals surface area (Å²) < 4.78 is 11.7. The van der Waals surface area contributed by atoms with Crippen LogP contribution in [0.15, 0.2) is 88.1 Å². The molecule has 0 saturated heterocycles. The standard InChI is InChI=1S/C27H23NO4/c1-2-16-31-20-14-12-19(13-15-20)24-23-25(29)21-10-6-7-11-22(21)32-26(23)27(30)28(24)17-18-8-4-3-5-9-18/h3-15,24H,2,16-17H2,1H3. The van der Waals surface area contributed by atoms with Crippen LogP contribution in [0.5, 0.6) is 5.75 Å². The minimum Gasteiger partial charge on any atom is -0.494 e. The van der Waals surface area contributed by atoms with E-state index >= 15 is 0 Å². The molecule has 5 heteroatoms. The molecule has 1 aliphatic rings. The molecule has 0 saturated carbocycles. The number of fused-ring (bicyclic) bond motifs is 2. The molecule has 1 unspecified atom stereocenters. The summed E-state index contributed by atoms with van der Waals surface area (Å²) in [5.41, 5.74) is 2.49. The molecule has 0 N–H and O–H groups in total. The van der Waals surface area contributed by atoms with Gasteiger partial charge in [0.25, 0.3) is 5.91 Å². The number of amides is 1. The van der Waals surface area contributed by atoms with Gasteiger partial charge in [-0.15, -0.1) is 0 Å². The van der Waals surface area contributed by atoms with Gasteiger partial charge in [0.15, 0.2) is 5.43 Å². The van der Waals surface area contributed by atoms with Crippen LogP contribution in [0, 0.1) is 0 Å². The van der Waals surface area contributed by atoms with Crippen LogP contribution in [-0.2, 0) is 6.54 Å². The van der Waals surface area contributed by atoms with Gasteiger partial charge in [-0.1, -0.05) is 61.5 Å². The summed E-state index contributed by atoms with van der Waals surface area (Å²) in [6.07, 6.45) is 0.922. The van der Waals surface area contributed by atoms with Gasteiger partial charge in [0, 0.05) is 6.54 Å². The molecular formula is C27H23NO4. The fourth-order valence-corrected chi connectivity index (χ4v) is 4.22. The van der Waals surface area contributed by atoms with Crippen LogP contribution >= 0.6 is 0 Å². The monoisotopic (exact) mass is 425 g/mol. The van der Waals surface area contributed by atoms with Crippen molar-refractivity contribution in [2.24, 2.45) is 0 Å². The van der Waals surface area contributed by atoms with Crippen LogP contribution in [0.3, 0.4) is 0 Å². The third kappa shape index (κ3) is 3.46. The SMILES string of the molecule is CCCOc1ccc(C2c3c(oc4ccccc4c3=O)C(=O)N2Cc2ccccc2)cc1. The Bertz CT molecular complexity index is 1330. The second-order valence-corrected chi connectivity index (χ2v) is 7.91. The fourth-order valence-electron chi connectivity index (χ4n) is 4.22. The number of ether oxygens (including phenoxy) is 1. The maximum absolute atomic E-state index is 13.5. The van der Waals surface area contributed by atoms with Crippen molar-refractivity contribution in [3.8, 4) is 5.75 Å². The van der Waals surface area contributed by atoms with Crippen molar-refractivity contribution in [2.45, 2.75) is 25.9 Å². The molecule has 0 bridgehead atoms. The third-order valence-electron chi connectivity index (χ3n) is 5.74. The molecule has 1 atom stereocenters. The predicted molar refractivity (Wildman–Crippen MR) is 123 cm³/mol. The van der Waals surface area contributed by atoms with Crippen molar-refractivity contribution >= 4 is 16.9 Å². The van der Waals surface area contributed by atoms with E-state index in [4.69, 9.17) is 9.15 Å². The number of carbonyl (C=O) groups is 1. The maximum Gasteiger partial charge on any atom is 0.291 e. The van der Waals surface area contributed by atoms with E-state index in [-0.39, 0.29) is 17.1 Å². The van der Waals surface area contributed by atoms with Gasteiger partial charge < -0.3 is 14.1 Å². The molecule has 5 nitrogen and oxygen atoms in total. The van der Waals surface area contributed by atoms with Crippen LogP contribution < -0.4 is 10.2 Å². The highest BCUT2D eigenvalue weighted by Crippen LogP contribution is 2.39. The Labute approximate surface area is 185 Å². The molecule has 32 heavy (non-hydrogen) atoms. The lowest BCUT2D eigenvalue weighted by Gasteiger charge is -2.25. The van der Waals surface area contributed by atoms with E-state index in [0.717, 1.165) is 23.3 Å². The summed E-state index contributed by atoms with van der Waals surface area (Å²) in [5.74, 6) is 0.615. The van der Waals surface area contributed by atoms with Crippen molar-refractivity contribution in [3.63, 3.8) is 0 Å². The summed E-state index contributed by atoms with van der Waals surface area (Å²) in [4.78, 5) is 28.7. The Morgan fingerprint density at radius 2 is 1.62 bits per heavy atom. The van der Waals surface area contributed by atoms with E-state index in [1.165, 1.54) is 0 Å². The molecule has 0 aliphatic carbocycles. The Balaban J connectivity index is 1.64. The molecule has 2 heterocycles. The highest BCUT2D eigenvalue weighted by atomic mass is 16.5. The van der Waals surface area contributed by atoms with E-state index in [9.17, 15) is 9.59 Å². The van der Waals surface area contributed by atoms with Crippen LogP contribution in [0.25, 0.3) is 11.0 Å². The van der Waals surface area contributed by atoms with E-state index in [1.807, 2.05) is 54.6 Å². The lowest BCUT2D eigenvalue weighted by molar-refractivity contribution is 0.0714. The molecule has 1 amide bonds. The second-order valence-electron chi connectivity index (χ2n) is 7.91. The minimum absolute atomic E-state index is 0.126. The summed E-state index contributed by atoms with van der Waals surface area (Å²) in [7, 11) is 0. The van der Waals surface area contributed by atoms with Gasteiger partial charge in [-0.2, -0.15) is 0 Å². The first-order valence-electron chi connectivity index (χ1n) is 10.8. The largest absolute Gasteiger partial charge is 0.494 e. The predicted octanol–water partition coefficient (Wildman–Crippen LogP) is 5.33. The molecular weight excluding hydrogens is 402 g/mol. The first-order valence-corrected chi connectivity index (χ1v) is 10.8. The zero-order valence-corrected chi connectivity index (χ0v) is 17.8. The molecule has 0 radical (unpaired) electrons. The van der Waals surface area contributed by atoms with Crippen molar-refractivity contribution in [2.75, 3.05) is 6.61 Å². The first-order chi connectivity index (χ1) is 15.7. The summed E-state index contributed by atoms with van der Waals surface area (Å²) in [5, 5.41) is 0.480. The maximum atomic E-state index is 13.5. The minimum atomic E-state index is -0.529. The molecule has 5 rings (SSSR count). The Morgan fingerprint density at radius 1 is 0.906 bits per heavy atom. The van der Waals surface area contributed by atoms with E-state index in [1.54, 1.807) is 29.2 Å². The fraction of sp³-hybridized carbons (Fsp3) is 0.185. The van der Waals surface area contributed by atoms with Gasteiger partial charge in [-0.25, -0.2) is 0 Å². The zero-order valence-electron chi connectivity index (χ0n) is 17.8. The average molecular weight is 425 g/mol. The number of para-hydroxylation sites is 1. The smallest absolute Gasteiger partial charge is 0.291 e. The number of rotatable bonds is 6. The summed E-state index contributed by atoms with van der Waals surface area (Å²) in [6.45, 7) is 3.07. The highest BCUT2D eigenvalue weighted by Gasteiger charge is 2.42. The van der Waals surface area contributed by atoms with Gasteiger partial charge >= 0.3 is 0 Å². The molecule has 1 aromatic heterocycles. The number of benzene rings is 3.